The first kappa shape index (κ1) is 28.4. The zero-order valence-electron chi connectivity index (χ0n) is 22.3. The van der Waals surface area contributed by atoms with Gasteiger partial charge in [-0.1, -0.05) is 60.7 Å². The molecular weight excluding hydrogens is 482 g/mol. The molecule has 200 valence electrons. The number of ether oxygens (including phenoxy) is 2. The fourth-order valence-electron chi connectivity index (χ4n) is 3.84. The molecule has 0 saturated heterocycles. The number of nitrogens with zero attached hydrogens (tertiary/aromatic N) is 2. The van der Waals surface area contributed by atoms with Crippen LogP contribution in [0.1, 0.15) is 45.2 Å². The number of aryl methyl sites for hydroxylation is 1. The number of anilines is 1. The molecule has 2 amide bonds. The van der Waals surface area contributed by atoms with Gasteiger partial charge in [-0.25, -0.2) is 9.59 Å². The second-order valence-corrected chi connectivity index (χ2v) is 9.92. The fraction of sp³-hybridized carbons (Fsp3) is 0.333. The minimum atomic E-state index is -0.980. The monoisotopic (exact) mass is 517 g/mol. The molecule has 1 N–H and O–H groups in total. The second-order valence-electron chi connectivity index (χ2n) is 9.92. The van der Waals surface area contributed by atoms with Crippen LogP contribution in [-0.2, 0) is 32.1 Å². The summed E-state index contributed by atoms with van der Waals surface area (Å²) in [5, 5.41) is 2.59. The van der Waals surface area contributed by atoms with E-state index in [0.717, 1.165) is 11.1 Å². The Morgan fingerprint density at radius 2 is 1.55 bits per heavy atom. The Morgan fingerprint density at radius 1 is 0.921 bits per heavy atom. The lowest BCUT2D eigenvalue weighted by atomic mass is 10.0. The number of rotatable bonds is 10. The maximum Gasteiger partial charge on any atom is 0.408 e. The molecule has 8 heteroatoms. The summed E-state index contributed by atoms with van der Waals surface area (Å²) in [6.07, 6.45) is 3.21. The van der Waals surface area contributed by atoms with Crippen LogP contribution in [0.4, 0.5) is 10.5 Å². The van der Waals surface area contributed by atoms with Crippen LogP contribution >= 0.6 is 0 Å². The molecule has 0 aliphatic rings. The molecule has 8 nitrogen and oxygen atoms in total. The number of nitrogens with one attached hydrogen (secondary N) is 1. The van der Waals surface area contributed by atoms with Crippen LogP contribution in [0.5, 0.6) is 0 Å². The number of hydrogen-bond donors (Lipinski definition) is 1. The molecule has 38 heavy (non-hydrogen) atoms. The van der Waals surface area contributed by atoms with E-state index < -0.39 is 35.7 Å². The van der Waals surface area contributed by atoms with Crippen molar-refractivity contribution in [2.45, 2.75) is 64.8 Å². The van der Waals surface area contributed by atoms with Crippen LogP contribution in [-0.4, -0.2) is 40.6 Å². The predicted molar refractivity (Wildman–Crippen MR) is 145 cm³/mol. The maximum absolute atomic E-state index is 13.8. The summed E-state index contributed by atoms with van der Waals surface area (Å²) in [4.78, 5) is 45.3. The van der Waals surface area contributed by atoms with Gasteiger partial charge in [0.2, 0.25) is 5.91 Å². The van der Waals surface area contributed by atoms with Crippen molar-refractivity contribution >= 4 is 23.7 Å². The van der Waals surface area contributed by atoms with Crippen molar-refractivity contribution in [3.05, 3.63) is 96.3 Å². The van der Waals surface area contributed by atoms with Crippen LogP contribution in [0.25, 0.3) is 0 Å². The van der Waals surface area contributed by atoms with E-state index in [4.69, 9.17) is 9.47 Å². The summed E-state index contributed by atoms with van der Waals surface area (Å²) < 4.78 is 11.0. The van der Waals surface area contributed by atoms with E-state index in [-0.39, 0.29) is 6.61 Å². The third kappa shape index (κ3) is 8.73. The fourth-order valence-corrected chi connectivity index (χ4v) is 3.84. The third-order valence-corrected chi connectivity index (χ3v) is 5.62. The summed E-state index contributed by atoms with van der Waals surface area (Å²) in [5.41, 5.74) is 1.55. The van der Waals surface area contributed by atoms with E-state index in [1.165, 1.54) is 11.1 Å². The molecule has 2 aromatic carbocycles. The van der Waals surface area contributed by atoms with Gasteiger partial charge in [-0.2, -0.15) is 0 Å². The lowest BCUT2D eigenvalue weighted by Gasteiger charge is -2.32. The minimum absolute atomic E-state index is 0.0717. The summed E-state index contributed by atoms with van der Waals surface area (Å²) in [6.45, 7) is 6.84. The van der Waals surface area contributed by atoms with Crippen molar-refractivity contribution in [1.82, 2.24) is 10.3 Å². The van der Waals surface area contributed by atoms with Crippen molar-refractivity contribution in [1.29, 1.82) is 0 Å². The summed E-state index contributed by atoms with van der Waals surface area (Å²) in [6, 6.07) is 20.5. The Labute approximate surface area is 224 Å². The number of hydrogen-bond acceptors (Lipinski definition) is 6. The molecule has 0 bridgehead atoms. The average Bonchev–Trinajstić information content (AvgIpc) is 2.90. The van der Waals surface area contributed by atoms with Crippen LogP contribution < -0.4 is 10.2 Å². The lowest BCUT2D eigenvalue weighted by molar-refractivity contribution is -0.148. The molecule has 2 atom stereocenters. The van der Waals surface area contributed by atoms with Gasteiger partial charge in [0.25, 0.3) is 0 Å². The molecule has 1 aromatic heterocycles. The number of pyridine rings is 1. The van der Waals surface area contributed by atoms with Crippen molar-refractivity contribution in [3.8, 4) is 0 Å². The minimum Gasteiger partial charge on any atom is -0.459 e. The van der Waals surface area contributed by atoms with Crippen molar-refractivity contribution in [3.63, 3.8) is 0 Å². The van der Waals surface area contributed by atoms with E-state index in [1.807, 2.05) is 60.7 Å². The third-order valence-electron chi connectivity index (χ3n) is 5.62. The van der Waals surface area contributed by atoms with E-state index in [0.29, 0.717) is 18.5 Å². The smallest absolute Gasteiger partial charge is 0.408 e. The molecule has 0 fully saturated rings. The number of aromatic nitrogens is 1. The molecule has 3 rings (SSSR count). The Bertz CT molecular complexity index is 1180. The molecule has 1 heterocycles. The highest BCUT2D eigenvalue weighted by molar-refractivity contribution is 6.03. The van der Waals surface area contributed by atoms with E-state index in [2.05, 4.69) is 10.3 Å². The lowest BCUT2D eigenvalue weighted by Crippen LogP contribution is -2.54. The zero-order valence-corrected chi connectivity index (χ0v) is 22.3. The number of alkyl carbamates (subject to hydrolysis) is 1. The number of esters is 1. The Morgan fingerprint density at radius 3 is 2.13 bits per heavy atom. The maximum atomic E-state index is 13.8. The summed E-state index contributed by atoms with van der Waals surface area (Å²) >= 11 is 0. The molecule has 0 aliphatic carbocycles. The van der Waals surface area contributed by atoms with Gasteiger partial charge in [0.05, 0.1) is 11.9 Å². The predicted octanol–water partition coefficient (Wildman–Crippen LogP) is 5.07. The molecule has 0 saturated carbocycles. The Balaban J connectivity index is 1.89. The largest absolute Gasteiger partial charge is 0.459 e. The number of benzene rings is 2. The van der Waals surface area contributed by atoms with Gasteiger partial charge in [-0.15, -0.1) is 0 Å². The van der Waals surface area contributed by atoms with Gasteiger partial charge in [-0.05, 0) is 63.8 Å². The first-order valence-electron chi connectivity index (χ1n) is 12.6. The van der Waals surface area contributed by atoms with Crippen molar-refractivity contribution in [2.75, 3.05) is 4.90 Å². The first-order valence-corrected chi connectivity index (χ1v) is 12.6. The van der Waals surface area contributed by atoms with Gasteiger partial charge >= 0.3 is 12.1 Å². The average molecular weight is 518 g/mol. The van der Waals surface area contributed by atoms with Gasteiger partial charge in [0.1, 0.15) is 24.3 Å². The van der Waals surface area contributed by atoms with Gasteiger partial charge in [-0.3, -0.25) is 14.7 Å². The highest BCUT2D eigenvalue weighted by atomic mass is 16.6. The Hall–Kier alpha value is -4.20. The van der Waals surface area contributed by atoms with Crippen molar-refractivity contribution < 1.29 is 23.9 Å². The van der Waals surface area contributed by atoms with Gasteiger partial charge < -0.3 is 14.8 Å². The normalized spacial score (nSPS) is 12.6. The quantitative estimate of drug-likeness (QED) is 0.377. The molecule has 0 spiro atoms. The summed E-state index contributed by atoms with van der Waals surface area (Å²) in [7, 11) is 0. The van der Waals surface area contributed by atoms with E-state index in [9.17, 15) is 14.4 Å². The van der Waals surface area contributed by atoms with Crippen LogP contribution in [0.2, 0.25) is 0 Å². The van der Waals surface area contributed by atoms with Gasteiger partial charge in [0, 0.05) is 6.20 Å². The highest BCUT2D eigenvalue weighted by Crippen LogP contribution is 2.22. The van der Waals surface area contributed by atoms with E-state index >= 15 is 0 Å². The highest BCUT2D eigenvalue weighted by Gasteiger charge is 2.35. The van der Waals surface area contributed by atoms with Gasteiger partial charge in [0.15, 0.2) is 0 Å². The number of amides is 2. The summed E-state index contributed by atoms with van der Waals surface area (Å²) in [5.74, 6) is -1.04. The van der Waals surface area contributed by atoms with E-state index in [1.54, 1.807) is 46.0 Å². The van der Waals surface area contributed by atoms with Crippen LogP contribution in [0.15, 0.2) is 85.2 Å². The SMILES string of the molecule is C[C@H](NC(=O)OC(C)(C)C)C(=O)N(c1cccnc1)C(CCc1ccccc1)C(=O)OCc1ccccc1. The second kappa shape index (κ2) is 13.4. The standard InChI is InChI=1S/C30H35N3O5/c1-22(32-29(36)38-30(2,3)4)27(34)33(25-16-11-19-31-20-25)26(18-17-23-12-7-5-8-13-23)28(35)37-21-24-14-9-6-10-15-24/h5-16,19-20,22,26H,17-18,21H2,1-4H3,(H,32,36)/t22-,26?/m0/s1. The molecule has 0 aliphatic heterocycles. The molecular formula is C30H35N3O5. The first-order chi connectivity index (χ1) is 18.1. The topological polar surface area (TPSA) is 97.8 Å². The van der Waals surface area contributed by atoms with Crippen molar-refractivity contribution in [2.24, 2.45) is 0 Å². The molecule has 0 radical (unpaired) electrons. The zero-order chi connectivity index (χ0) is 27.5. The molecule has 3 aromatic rings. The van der Waals surface area contributed by atoms with Crippen LogP contribution in [0, 0.1) is 0 Å². The number of carbonyl (C=O) groups is 3. The van der Waals surface area contributed by atoms with Crippen LogP contribution in [0.3, 0.4) is 0 Å². The molecule has 1 unspecified atom stereocenters. The Kier molecular flexibility index (Phi) is 9.99. The number of carbonyl (C=O) groups excluding carboxylic acids is 3.